The van der Waals surface area contributed by atoms with Crippen LogP contribution in [-0.2, 0) is 11.3 Å². The van der Waals surface area contributed by atoms with Gasteiger partial charge in [0.15, 0.2) is 11.4 Å². The molecule has 4 rings (SSSR count). The first kappa shape index (κ1) is 21.6. The molecule has 31 heavy (non-hydrogen) atoms. The minimum atomic E-state index is -0.794. The van der Waals surface area contributed by atoms with Gasteiger partial charge in [0.2, 0.25) is 5.91 Å². The Morgan fingerprint density at radius 1 is 1.16 bits per heavy atom. The molecule has 162 valence electrons. The lowest BCUT2D eigenvalue weighted by atomic mass is 10.0. The van der Waals surface area contributed by atoms with E-state index in [9.17, 15) is 9.90 Å². The highest BCUT2D eigenvalue weighted by atomic mass is 32.2. The Morgan fingerprint density at radius 2 is 1.87 bits per heavy atom. The Labute approximate surface area is 187 Å². The molecule has 0 aliphatic carbocycles. The van der Waals surface area contributed by atoms with Gasteiger partial charge in [-0.25, -0.2) is 4.99 Å². The number of hydrogen-bond acceptors (Lipinski definition) is 6. The van der Waals surface area contributed by atoms with Crippen LogP contribution in [0.2, 0.25) is 0 Å². The van der Waals surface area contributed by atoms with Crippen molar-refractivity contribution >= 4 is 34.4 Å². The van der Waals surface area contributed by atoms with Crippen molar-refractivity contribution in [1.82, 2.24) is 10.2 Å². The standard InChI is InChI=1S/C24H28N4O2S/c1-14(2)20-23(30)28-21(27-20)18-7-5-6-8-19(18)26-24(28)31-16(4)22(29)25-13-17-11-9-15(3)10-12-17/h5-12,14,16,20,23,30H,13H2,1-4H3,(H,25,29). The summed E-state index contributed by atoms with van der Waals surface area (Å²) in [5, 5.41) is 14.2. The lowest BCUT2D eigenvalue weighted by Gasteiger charge is -2.32. The van der Waals surface area contributed by atoms with Crippen LogP contribution in [0.1, 0.15) is 37.5 Å². The third-order valence-corrected chi connectivity index (χ3v) is 6.62. The van der Waals surface area contributed by atoms with Gasteiger partial charge in [0.25, 0.3) is 0 Å². The number of carbonyl (C=O) groups excluding carboxylic acids is 1. The Bertz CT molecular complexity index is 1030. The Morgan fingerprint density at radius 3 is 2.58 bits per heavy atom. The molecule has 2 heterocycles. The number of aliphatic hydroxyl groups is 1. The molecule has 0 spiro atoms. The van der Waals surface area contributed by atoms with Crippen LogP contribution in [0.5, 0.6) is 0 Å². The summed E-state index contributed by atoms with van der Waals surface area (Å²) in [5.41, 5.74) is 3.97. The van der Waals surface area contributed by atoms with Crippen molar-refractivity contribution in [2.24, 2.45) is 15.9 Å². The number of hydrogen-bond donors (Lipinski definition) is 2. The molecule has 3 atom stereocenters. The van der Waals surface area contributed by atoms with Crippen LogP contribution in [-0.4, -0.2) is 44.4 Å². The van der Waals surface area contributed by atoms with Gasteiger partial charge >= 0.3 is 0 Å². The minimum Gasteiger partial charge on any atom is -0.371 e. The molecule has 2 aliphatic heterocycles. The zero-order valence-corrected chi connectivity index (χ0v) is 19.1. The van der Waals surface area contributed by atoms with Crippen LogP contribution >= 0.6 is 11.8 Å². The van der Waals surface area contributed by atoms with Crippen molar-refractivity contribution in [2.45, 2.75) is 51.8 Å². The largest absolute Gasteiger partial charge is 0.371 e. The Hall–Kier alpha value is -2.64. The molecule has 7 heteroatoms. The highest BCUT2D eigenvalue weighted by Gasteiger charge is 2.43. The van der Waals surface area contributed by atoms with E-state index >= 15 is 0 Å². The van der Waals surface area contributed by atoms with Crippen LogP contribution in [0, 0.1) is 12.8 Å². The SMILES string of the molecule is Cc1ccc(CNC(=O)C(C)SC2=Nc3ccccc3C3=NC(C(C)C)C(O)N23)cc1. The molecule has 0 saturated heterocycles. The zero-order chi connectivity index (χ0) is 22.1. The number of para-hydroxylation sites is 1. The van der Waals surface area contributed by atoms with Gasteiger partial charge in [0.1, 0.15) is 5.84 Å². The number of fused-ring (bicyclic) bond motifs is 3. The number of thioether (sulfide) groups is 1. The monoisotopic (exact) mass is 436 g/mol. The van der Waals surface area contributed by atoms with Gasteiger partial charge in [0, 0.05) is 12.1 Å². The molecule has 0 fully saturated rings. The maximum atomic E-state index is 12.8. The second-order valence-electron chi connectivity index (χ2n) is 8.35. The van der Waals surface area contributed by atoms with Crippen LogP contribution < -0.4 is 5.32 Å². The van der Waals surface area contributed by atoms with Gasteiger partial charge in [-0.15, -0.1) is 0 Å². The number of amides is 1. The summed E-state index contributed by atoms with van der Waals surface area (Å²) >= 11 is 1.35. The molecular weight excluding hydrogens is 408 g/mol. The second kappa shape index (κ2) is 8.85. The molecule has 2 aromatic rings. The van der Waals surface area contributed by atoms with Crippen molar-refractivity contribution in [3.8, 4) is 0 Å². The summed E-state index contributed by atoms with van der Waals surface area (Å²) in [4.78, 5) is 24.1. The van der Waals surface area contributed by atoms with Gasteiger partial charge in [0.05, 0.1) is 17.0 Å². The third-order valence-electron chi connectivity index (χ3n) is 5.56. The van der Waals surface area contributed by atoms with Crippen molar-refractivity contribution in [2.75, 3.05) is 0 Å². The van der Waals surface area contributed by atoms with Gasteiger partial charge in [-0.1, -0.05) is 67.6 Å². The number of nitrogens with one attached hydrogen (secondary N) is 1. The Balaban J connectivity index is 1.51. The van der Waals surface area contributed by atoms with Crippen LogP contribution in [0.25, 0.3) is 0 Å². The van der Waals surface area contributed by atoms with Crippen molar-refractivity contribution < 1.29 is 9.90 Å². The predicted molar refractivity (Wildman–Crippen MR) is 127 cm³/mol. The number of aryl methyl sites for hydroxylation is 1. The summed E-state index contributed by atoms with van der Waals surface area (Å²) in [6.45, 7) is 8.48. The average Bonchev–Trinajstić information content (AvgIpc) is 3.11. The highest BCUT2D eigenvalue weighted by molar-refractivity contribution is 8.14. The fraction of sp³-hybridized carbons (Fsp3) is 0.375. The number of carbonyl (C=O) groups is 1. The molecule has 6 nitrogen and oxygen atoms in total. The summed E-state index contributed by atoms with van der Waals surface area (Å²) < 4.78 is 0. The van der Waals surface area contributed by atoms with Gasteiger partial charge < -0.3 is 10.4 Å². The smallest absolute Gasteiger partial charge is 0.233 e. The summed E-state index contributed by atoms with van der Waals surface area (Å²) in [7, 11) is 0. The number of aliphatic imine (C=N–C) groups is 2. The second-order valence-corrected chi connectivity index (χ2v) is 9.65. The molecule has 2 N–H and O–H groups in total. The number of nitrogens with zero attached hydrogens (tertiary/aromatic N) is 3. The molecular formula is C24H28N4O2S. The molecule has 0 aromatic heterocycles. The molecule has 0 bridgehead atoms. The van der Waals surface area contributed by atoms with E-state index in [1.807, 2.05) is 76.2 Å². The first-order valence-corrected chi connectivity index (χ1v) is 11.5. The summed E-state index contributed by atoms with van der Waals surface area (Å²) in [5.74, 6) is 0.841. The maximum Gasteiger partial charge on any atom is 0.233 e. The van der Waals surface area contributed by atoms with Gasteiger partial charge in [-0.05, 0) is 37.5 Å². The molecule has 1 amide bonds. The van der Waals surface area contributed by atoms with E-state index in [0.717, 1.165) is 22.6 Å². The van der Waals surface area contributed by atoms with E-state index in [2.05, 4.69) is 5.32 Å². The normalized spacial score (nSPS) is 20.6. The van der Waals surface area contributed by atoms with Gasteiger partial charge in [-0.2, -0.15) is 0 Å². The lowest BCUT2D eigenvalue weighted by molar-refractivity contribution is -0.120. The van der Waals surface area contributed by atoms with E-state index in [1.54, 1.807) is 4.90 Å². The van der Waals surface area contributed by atoms with E-state index in [4.69, 9.17) is 9.98 Å². The summed E-state index contributed by atoms with van der Waals surface area (Å²) in [6.07, 6.45) is -0.794. The zero-order valence-electron chi connectivity index (χ0n) is 18.2. The predicted octanol–water partition coefficient (Wildman–Crippen LogP) is 3.84. The fourth-order valence-corrected chi connectivity index (χ4v) is 4.66. The average molecular weight is 437 g/mol. The first-order valence-electron chi connectivity index (χ1n) is 10.6. The number of rotatable bonds is 5. The molecule has 3 unspecified atom stereocenters. The quantitative estimate of drug-likeness (QED) is 0.747. The highest BCUT2D eigenvalue weighted by Crippen LogP contribution is 2.37. The van der Waals surface area contributed by atoms with Crippen molar-refractivity contribution in [3.63, 3.8) is 0 Å². The van der Waals surface area contributed by atoms with Gasteiger partial charge in [-0.3, -0.25) is 14.7 Å². The van der Waals surface area contributed by atoms with Crippen LogP contribution in [0.15, 0.2) is 58.5 Å². The third kappa shape index (κ3) is 4.38. The van der Waals surface area contributed by atoms with E-state index < -0.39 is 6.23 Å². The topological polar surface area (TPSA) is 77.3 Å². The fourth-order valence-electron chi connectivity index (χ4n) is 3.70. The number of benzene rings is 2. The minimum absolute atomic E-state index is 0.0697. The maximum absolute atomic E-state index is 12.8. The van der Waals surface area contributed by atoms with Crippen LogP contribution in [0.4, 0.5) is 5.69 Å². The van der Waals surface area contributed by atoms with E-state index in [-0.39, 0.29) is 23.1 Å². The molecule has 2 aromatic carbocycles. The van der Waals surface area contributed by atoms with E-state index in [0.29, 0.717) is 11.7 Å². The number of amidine groups is 2. The molecule has 2 aliphatic rings. The Kier molecular flexibility index (Phi) is 6.16. The lowest BCUT2D eigenvalue weighted by Crippen LogP contribution is -2.46. The molecule has 0 radical (unpaired) electrons. The van der Waals surface area contributed by atoms with Crippen LogP contribution in [0.3, 0.4) is 0 Å². The van der Waals surface area contributed by atoms with Crippen molar-refractivity contribution in [3.05, 3.63) is 65.2 Å². The number of aliphatic hydroxyl groups excluding tert-OH is 1. The molecule has 0 saturated carbocycles. The van der Waals surface area contributed by atoms with Crippen molar-refractivity contribution in [1.29, 1.82) is 0 Å². The van der Waals surface area contributed by atoms with E-state index in [1.165, 1.54) is 17.3 Å². The summed E-state index contributed by atoms with van der Waals surface area (Å²) in [6, 6.07) is 15.7. The first-order chi connectivity index (χ1) is 14.8.